The van der Waals surface area contributed by atoms with Crippen molar-refractivity contribution in [1.29, 1.82) is 0 Å². The number of hydrogen-bond acceptors (Lipinski definition) is 12. The van der Waals surface area contributed by atoms with Gasteiger partial charge in [-0.05, 0) is 32.9 Å². The second-order valence-corrected chi connectivity index (χ2v) is 11.1. The SMILES string of the molecule is C=C(CC(COc1ccccc1)OCCOCCOCCOCCOCCOCCOCCOCCOCCOC(C)(C)C)C(=O)O. The van der Waals surface area contributed by atoms with Crippen molar-refractivity contribution < 1.29 is 62.0 Å². The Kier molecular flexibility index (Phi) is 27.3. The van der Waals surface area contributed by atoms with Crippen molar-refractivity contribution in [2.45, 2.75) is 38.9 Å². The molecule has 0 radical (unpaired) electrons. The lowest BCUT2D eigenvalue weighted by Crippen LogP contribution is -2.26. The Hall–Kier alpha value is -2.17. The molecular formula is C34H58O13. The van der Waals surface area contributed by atoms with Crippen LogP contribution in [0.1, 0.15) is 27.2 Å². The fourth-order valence-electron chi connectivity index (χ4n) is 3.56. The lowest BCUT2D eigenvalue weighted by atomic mass is 10.1. The van der Waals surface area contributed by atoms with Crippen molar-refractivity contribution in [1.82, 2.24) is 0 Å². The average molecular weight is 675 g/mol. The van der Waals surface area contributed by atoms with Crippen LogP contribution < -0.4 is 4.74 Å². The minimum Gasteiger partial charge on any atom is -0.491 e. The number of benzene rings is 1. The molecule has 1 aromatic carbocycles. The van der Waals surface area contributed by atoms with Crippen LogP contribution in [0.2, 0.25) is 0 Å². The molecule has 0 aliphatic carbocycles. The number of aliphatic carboxylic acids is 1. The maximum Gasteiger partial charge on any atom is 0.331 e. The van der Waals surface area contributed by atoms with E-state index in [1.165, 1.54) is 0 Å². The zero-order chi connectivity index (χ0) is 34.3. The molecule has 1 aromatic rings. The number of carboxylic acids is 1. The number of carbonyl (C=O) groups is 1. The highest BCUT2D eigenvalue weighted by atomic mass is 16.6. The normalized spacial score (nSPS) is 12.3. The summed E-state index contributed by atoms with van der Waals surface area (Å²) in [5.74, 6) is -0.370. The molecule has 13 nitrogen and oxygen atoms in total. The molecule has 0 saturated heterocycles. The summed E-state index contributed by atoms with van der Waals surface area (Å²) in [4.78, 5) is 11.2. The summed E-state index contributed by atoms with van der Waals surface area (Å²) < 4.78 is 60.9. The van der Waals surface area contributed by atoms with Crippen molar-refractivity contribution in [2.24, 2.45) is 0 Å². The van der Waals surface area contributed by atoms with Gasteiger partial charge in [0.2, 0.25) is 0 Å². The van der Waals surface area contributed by atoms with Gasteiger partial charge in [0, 0.05) is 12.0 Å². The summed E-state index contributed by atoms with van der Waals surface area (Å²) in [5.41, 5.74) is -0.0766. The summed E-state index contributed by atoms with van der Waals surface area (Å²) in [6.07, 6.45) is -0.297. The predicted molar refractivity (Wildman–Crippen MR) is 175 cm³/mol. The molecular weight excluding hydrogens is 616 g/mol. The largest absolute Gasteiger partial charge is 0.491 e. The Morgan fingerprint density at radius 3 is 1.34 bits per heavy atom. The lowest BCUT2D eigenvalue weighted by molar-refractivity contribution is -0.133. The summed E-state index contributed by atoms with van der Waals surface area (Å²) >= 11 is 0. The monoisotopic (exact) mass is 674 g/mol. The molecule has 1 rings (SSSR count). The maximum absolute atomic E-state index is 11.2. The molecule has 1 atom stereocenters. The highest BCUT2D eigenvalue weighted by Gasteiger charge is 2.16. The molecule has 0 aliphatic rings. The van der Waals surface area contributed by atoms with Gasteiger partial charge in [0.25, 0.3) is 0 Å². The standard InChI is InChI=1S/C34H58O13/c1-30(33(35)36)28-32(29-46-31-8-6-5-7-9-31)45-26-24-43-22-20-41-18-16-39-14-12-37-10-11-38-13-15-40-17-19-42-21-23-44-25-27-47-34(2,3)4/h5-9,32H,1,10-29H2,2-4H3,(H,35,36). The van der Waals surface area contributed by atoms with E-state index in [4.69, 9.17) is 57.2 Å². The lowest BCUT2D eigenvalue weighted by Gasteiger charge is -2.19. The van der Waals surface area contributed by atoms with Crippen LogP contribution in [0.4, 0.5) is 0 Å². The van der Waals surface area contributed by atoms with Crippen molar-refractivity contribution in [3.05, 3.63) is 42.5 Å². The van der Waals surface area contributed by atoms with Gasteiger partial charge in [0.1, 0.15) is 12.4 Å². The number of ether oxygens (including phenoxy) is 11. The van der Waals surface area contributed by atoms with Gasteiger partial charge in [-0.15, -0.1) is 0 Å². The molecule has 272 valence electrons. The fourth-order valence-corrected chi connectivity index (χ4v) is 3.56. The van der Waals surface area contributed by atoms with Gasteiger partial charge < -0.3 is 57.2 Å². The van der Waals surface area contributed by atoms with Gasteiger partial charge in [-0.2, -0.15) is 0 Å². The number of para-hydroxylation sites is 1. The zero-order valence-electron chi connectivity index (χ0n) is 28.7. The number of rotatable bonds is 34. The highest BCUT2D eigenvalue weighted by Crippen LogP contribution is 2.13. The summed E-state index contributed by atoms with van der Waals surface area (Å²) in [7, 11) is 0. The van der Waals surface area contributed by atoms with Crippen LogP contribution in [0.15, 0.2) is 42.5 Å². The van der Waals surface area contributed by atoms with E-state index in [0.29, 0.717) is 125 Å². The van der Waals surface area contributed by atoms with Crippen LogP contribution in [-0.2, 0) is 52.2 Å². The minimum absolute atomic E-state index is 0.0654. The molecule has 13 heteroatoms. The van der Waals surface area contributed by atoms with E-state index in [9.17, 15) is 4.79 Å². The van der Waals surface area contributed by atoms with Gasteiger partial charge >= 0.3 is 5.97 Å². The summed E-state index contributed by atoms with van der Waals surface area (Å²) in [6.45, 7) is 18.4. The van der Waals surface area contributed by atoms with Gasteiger partial charge in [0.05, 0.1) is 131 Å². The van der Waals surface area contributed by atoms with E-state index in [1.54, 1.807) is 0 Å². The van der Waals surface area contributed by atoms with E-state index >= 15 is 0 Å². The second kappa shape index (κ2) is 29.9. The molecule has 1 unspecified atom stereocenters. The van der Waals surface area contributed by atoms with E-state index < -0.39 is 12.1 Å². The quantitative estimate of drug-likeness (QED) is 0.0845. The molecule has 0 heterocycles. The van der Waals surface area contributed by atoms with Crippen molar-refractivity contribution in [3.8, 4) is 5.75 Å². The average Bonchev–Trinajstić information content (AvgIpc) is 3.04. The van der Waals surface area contributed by atoms with Crippen LogP contribution in [0.25, 0.3) is 0 Å². The Morgan fingerprint density at radius 1 is 0.617 bits per heavy atom. The first kappa shape index (κ1) is 42.9. The van der Waals surface area contributed by atoms with Crippen molar-refractivity contribution in [2.75, 3.05) is 126 Å². The number of hydrogen-bond donors (Lipinski definition) is 1. The van der Waals surface area contributed by atoms with Gasteiger partial charge in [-0.3, -0.25) is 0 Å². The third-order valence-electron chi connectivity index (χ3n) is 5.90. The van der Waals surface area contributed by atoms with Crippen LogP contribution >= 0.6 is 0 Å². The van der Waals surface area contributed by atoms with E-state index in [-0.39, 0.29) is 24.2 Å². The Morgan fingerprint density at radius 2 is 0.979 bits per heavy atom. The number of carboxylic acid groups (broad SMARTS) is 1. The summed E-state index contributed by atoms with van der Waals surface area (Å²) in [6, 6.07) is 9.27. The maximum atomic E-state index is 11.2. The van der Waals surface area contributed by atoms with Crippen molar-refractivity contribution >= 4 is 5.97 Å². The first-order valence-corrected chi connectivity index (χ1v) is 16.2. The molecule has 0 aliphatic heterocycles. The molecule has 47 heavy (non-hydrogen) atoms. The third-order valence-corrected chi connectivity index (χ3v) is 5.90. The van der Waals surface area contributed by atoms with Gasteiger partial charge in [0.15, 0.2) is 0 Å². The van der Waals surface area contributed by atoms with Gasteiger partial charge in [-0.1, -0.05) is 24.8 Å². The fraction of sp³-hybridized carbons (Fsp3) is 0.735. The molecule has 0 saturated carbocycles. The smallest absolute Gasteiger partial charge is 0.331 e. The van der Waals surface area contributed by atoms with Gasteiger partial charge in [-0.25, -0.2) is 4.79 Å². The first-order chi connectivity index (χ1) is 22.8. The molecule has 1 N–H and O–H groups in total. The third kappa shape index (κ3) is 29.7. The molecule has 0 amide bonds. The van der Waals surface area contributed by atoms with Crippen LogP contribution in [0, 0.1) is 0 Å². The minimum atomic E-state index is -1.05. The Labute approximate surface area is 280 Å². The van der Waals surface area contributed by atoms with E-state index in [2.05, 4.69) is 6.58 Å². The first-order valence-electron chi connectivity index (χ1n) is 16.2. The highest BCUT2D eigenvalue weighted by molar-refractivity contribution is 5.85. The zero-order valence-corrected chi connectivity index (χ0v) is 28.7. The second-order valence-electron chi connectivity index (χ2n) is 11.1. The topological polar surface area (TPSA) is 139 Å². The van der Waals surface area contributed by atoms with Crippen molar-refractivity contribution in [3.63, 3.8) is 0 Å². The molecule has 0 fully saturated rings. The van der Waals surface area contributed by atoms with E-state index in [1.807, 2.05) is 51.1 Å². The van der Waals surface area contributed by atoms with Crippen LogP contribution in [-0.4, -0.2) is 148 Å². The van der Waals surface area contributed by atoms with Crippen LogP contribution in [0.3, 0.4) is 0 Å². The summed E-state index contributed by atoms with van der Waals surface area (Å²) in [5, 5.41) is 9.14. The Bertz CT molecular complexity index is 863. The van der Waals surface area contributed by atoms with E-state index in [0.717, 1.165) is 0 Å². The predicted octanol–water partition coefficient (Wildman–Crippen LogP) is 3.43. The molecule has 0 aromatic heterocycles. The molecule has 0 spiro atoms. The van der Waals surface area contributed by atoms with Crippen LogP contribution in [0.5, 0.6) is 5.75 Å². The Balaban J connectivity index is 1.80. The molecule has 0 bridgehead atoms.